The summed E-state index contributed by atoms with van der Waals surface area (Å²) < 4.78 is 18.2. The van der Waals surface area contributed by atoms with Crippen LogP contribution in [0.5, 0.6) is 5.75 Å². The molecule has 0 bridgehead atoms. The molecule has 0 radical (unpaired) electrons. The van der Waals surface area contributed by atoms with E-state index in [1.165, 1.54) is 31.1 Å². The third-order valence-electron chi connectivity index (χ3n) is 3.70. The maximum absolute atomic E-state index is 13.0. The van der Waals surface area contributed by atoms with Gasteiger partial charge in [0.1, 0.15) is 18.1 Å². The molecule has 0 heterocycles. The fourth-order valence-electron chi connectivity index (χ4n) is 2.37. The normalized spacial score (nSPS) is 10.2. The molecule has 0 aliphatic rings. The highest BCUT2D eigenvalue weighted by Crippen LogP contribution is 2.25. The molecule has 132 valence electrons. The molecule has 0 atom stereocenters. The SMILES string of the molecule is COc1ccc(C)cc1NC(=O)CN(Cc1ccc(F)cc1)C(C)=O. The second-order valence-corrected chi connectivity index (χ2v) is 5.75. The van der Waals surface area contributed by atoms with Gasteiger partial charge >= 0.3 is 0 Å². The first-order valence-corrected chi connectivity index (χ1v) is 7.83. The summed E-state index contributed by atoms with van der Waals surface area (Å²) in [6.07, 6.45) is 0. The Kier molecular flexibility index (Phi) is 6.11. The average molecular weight is 344 g/mol. The molecule has 0 saturated carbocycles. The topological polar surface area (TPSA) is 58.6 Å². The molecular weight excluding hydrogens is 323 g/mol. The number of carbonyl (C=O) groups excluding carboxylic acids is 2. The van der Waals surface area contributed by atoms with E-state index >= 15 is 0 Å². The monoisotopic (exact) mass is 344 g/mol. The maximum Gasteiger partial charge on any atom is 0.244 e. The Hall–Kier alpha value is -2.89. The molecule has 2 amide bonds. The van der Waals surface area contributed by atoms with Crippen molar-refractivity contribution in [3.05, 3.63) is 59.4 Å². The summed E-state index contributed by atoms with van der Waals surface area (Å²) >= 11 is 0. The van der Waals surface area contributed by atoms with Crippen molar-refractivity contribution in [3.63, 3.8) is 0 Å². The number of benzene rings is 2. The quantitative estimate of drug-likeness (QED) is 0.876. The molecule has 0 fully saturated rings. The van der Waals surface area contributed by atoms with Crippen LogP contribution in [-0.2, 0) is 16.1 Å². The molecule has 25 heavy (non-hydrogen) atoms. The van der Waals surface area contributed by atoms with E-state index in [1.807, 2.05) is 13.0 Å². The van der Waals surface area contributed by atoms with Gasteiger partial charge in [-0.25, -0.2) is 4.39 Å². The lowest BCUT2D eigenvalue weighted by Gasteiger charge is -2.21. The number of nitrogens with zero attached hydrogens (tertiary/aromatic N) is 1. The van der Waals surface area contributed by atoms with Crippen LogP contribution in [0.1, 0.15) is 18.1 Å². The summed E-state index contributed by atoms with van der Waals surface area (Å²) in [5.41, 5.74) is 2.28. The zero-order valence-corrected chi connectivity index (χ0v) is 14.5. The fourth-order valence-corrected chi connectivity index (χ4v) is 2.37. The second kappa shape index (κ2) is 8.28. The number of rotatable bonds is 6. The van der Waals surface area contributed by atoms with Gasteiger partial charge in [-0.3, -0.25) is 9.59 Å². The lowest BCUT2D eigenvalue weighted by atomic mass is 10.2. The molecule has 0 aliphatic carbocycles. The molecule has 0 saturated heterocycles. The summed E-state index contributed by atoms with van der Waals surface area (Å²) in [7, 11) is 1.52. The number of aryl methyl sites for hydroxylation is 1. The third kappa shape index (κ3) is 5.31. The molecule has 0 aliphatic heterocycles. The molecule has 5 nitrogen and oxygen atoms in total. The predicted molar refractivity (Wildman–Crippen MR) is 93.9 cm³/mol. The van der Waals surface area contributed by atoms with Crippen LogP contribution in [0.4, 0.5) is 10.1 Å². The largest absolute Gasteiger partial charge is 0.495 e. The Morgan fingerprint density at radius 2 is 1.84 bits per heavy atom. The van der Waals surface area contributed by atoms with E-state index < -0.39 is 0 Å². The number of carbonyl (C=O) groups is 2. The van der Waals surface area contributed by atoms with Crippen molar-refractivity contribution in [2.24, 2.45) is 0 Å². The Bertz CT molecular complexity index is 760. The minimum absolute atomic E-state index is 0.107. The summed E-state index contributed by atoms with van der Waals surface area (Å²) in [6.45, 7) is 3.42. The molecule has 2 rings (SSSR count). The van der Waals surface area contributed by atoms with Gasteiger partial charge in [0, 0.05) is 13.5 Å². The zero-order valence-electron chi connectivity index (χ0n) is 14.5. The molecule has 0 unspecified atom stereocenters. The van der Waals surface area contributed by atoms with Crippen LogP contribution in [0.3, 0.4) is 0 Å². The summed E-state index contributed by atoms with van der Waals surface area (Å²) in [6, 6.07) is 11.3. The highest BCUT2D eigenvalue weighted by molar-refractivity contribution is 5.95. The Morgan fingerprint density at radius 3 is 2.44 bits per heavy atom. The summed E-state index contributed by atoms with van der Waals surface area (Å²) in [4.78, 5) is 25.6. The first-order valence-electron chi connectivity index (χ1n) is 7.83. The number of amides is 2. The van der Waals surface area contributed by atoms with Crippen molar-refractivity contribution >= 4 is 17.5 Å². The number of methoxy groups -OCH3 is 1. The van der Waals surface area contributed by atoms with Gasteiger partial charge in [-0.2, -0.15) is 0 Å². The maximum atomic E-state index is 13.0. The number of nitrogens with one attached hydrogen (secondary N) is 1. The van der Waals surface area contributed by atoms with Crippen LogP contribution in [0.25, 0.3) is 0 Å². The van der Waals surface area contributed by atoms with E-state index in [2.05, 4.69) is 5.32 Å². The molecule has 2 aromatic rings. The van der Waals surface area contributed by atoms with Crippen LogP contribution >= 0.6 is 0 Å². The zero-order chi connectivity index (χ0) is 18.4. The number of ether oxygens (including phenoxy) is 1. The van der Waals surface area contributed by atoms with Gasteiger partial charge in [0.15, 0.2) is 0 Å². The molecule has 0 spiro atoms. The van der Waals surface area contributed by atoms with Crippen LogP contribution in [-0.4, -0.2) is 30.4 Å². The summed E-state index contributed by atoms with van der Waals surface area (Å²) in [5.74, 6) is -0.369. The van der Waals surface area contributed by atoms with Gasteiger partial charge in [-0.1, -0.05) is 18.2 Å². The highest BCUT2D eigenvalue weighted by atomic mass is 19.1. The van der Waals surface area contributed by atoms with Crippen LogP contribution in [0.15, 0.2) is 42.5 Å². The van der Waals surface area contributed by atoms with Crippen LogP contribution < -0.4 is 10.1 Å². The van der Waals surface area contributed by atoms with Gasteiger partial charge in [0.2, 0.25) is 11.8 Å². The third-order valence-corrected chi connectivity index (χ3v) is 3.70. The van der Waals surface area contributed by atoms with Gasteiger partial charge in [-0.15, -0.1) is 0 Å². The summed E-state index contributed by atoms with van der Waals surface area (Å²) in [5, 5.41) is 2.76. The molecule has 0 aromatic heterocycles. The van der Waals surface area contributed by atoms with Gasteiger partial charge < -0.3 is 15.0 Å². The van der Waals surface area contributed by atoms with Crippen molar-refractivity contribution in [3.8, 4) is 5.75 Å². The van der Waals surface area contributed by atoms with Crippen molar-refractivity contribution < 1.29 is 18.7 Å². The first kappa shape index (κ1) is 18.4. The average Bonchev–Trinajstić information content (AvgIpc) is 2.56. The Morgan fingerprint density at radius 1 is 1.16 bits per heavy atom. The highest BCUT2D eigenvalue weighted by Gasteiger charge is 2.16. The second-order valence-electron chi connectivity index (χ2n) is 5.75. The lowest BCUT2D eigenvalue weighted by Crippen LogP contribution is -2.36. The fraction of sp³-hybridized carbons (Fsp3) is 0.263. The Labute approximate surface area is 146 Å². The molecule has 1 N–H and O–H groups in total. The van der Waals surface area contributed by atoms with Gasteiger partial charge in [0.25, 0.3) is 0 Å². The van der Waals surface area contributed by atoms with E-state index in [9.17, 15) is 14.0 Å². The number of hydrogen-bond donors (Lipinski definition) is 1. The predicted octanol–water partition coefficient (Wildman–Crippen LogP) is 3.13. The Balaban J connectivity index is 2.06. The minimum atomic E-state index is -0.345. The molecule has 2 aromatic carbocycles. The van der Waals surface area contributed by atoms with E-state index in [4.69, 9.17) is 4.74 Å². The van der Waals surface area contributed by atoms with Crippen molar-refractivity contribution in [2.45, 2.75) is 20.4 Å². The lowest BCUT2D eigenvalue weighted by molar-refractivity contribution is -0.133. The smallest absolute Gasteiger partial charge is 0.244 e. The van der Waals surface area contributed by atoms with Gasteiger partial charge in [0.05, 0.1) is 12.8 Å². The first-order chi connectivity index (χ1) is 11.9. The minimum Gasteiger partial charge on any atom is -0.495 e. The van der Waals surface area contributed by atoms with E-state index in [-0.39, 0.29) is 30.7 Å². The van der Waals surface area contributed by atoms with Crippen molar-refractivity contribution in [1.29, 1.82) is 0 Å². The van der Waals surface area contributed by atoms with Crippen LogP contribution in [0.2, 0.25) is 0 Å². The molecule has 6 heteroatoms. The molecular formula is C19H21FN2O3. The van der Waals surface area contributed by atoms with Crippen molar-refractivity contribution in [1.82, 2.24) is 4.90 Å². The standard InChI is InChI=1S/C19H21FN2O3/c1-13-4-9-18(25-3)17(10-13)21-19(24)12-22(14(2)23)11-15-5-7-16(20)8-6-15/h4-10H,11-12H2,1-3H3,(H,21,24). The van der Waals surface area contributed by atoms with E-state index in [0.29, 0.717) is 11.4 Å². The van der Waals surface area contributed by atoms with E-state index in [0.717, 1.165) is 11.1 Å². The number of anilines is 1. The van der Waals surface area contributed by atoms with E-state index in [1.54, 1.807) is 24.3 Å². The number of hydrogen-bond acceptors (Lipinski definition) is 3. The van der Waals surface area contributed by atoms with Gasteiger partial charge in [-0.05, 0) is 42.3 Å². The van der Waals surface area contributed by atoms with Crippen LogP contribution in [0, 0.1) is 12.7 Å². The van der Waals surface area contributed by atoms with Crippen molar-refractivity contribution in [2.75, 3.05) is 19.0 Å². The number of halogens is 1.